The predicted octanol–water partition coefficient (Wildman–Crippen LogP) is 3.70. The van der Waals surface area contributed by atoms with Crippen molar-refractivity contribution in [2.75, 3.05) is 4.43 Å². The third-order valence-electron chi connectivity index (χ3n) is 2.86. The Morgan fingerprint density at radius 2 is 2.06 bits per heavy atom. The molecule has 0 bridgehead atoms. The van der Waals surface area contributed by atoms with E-state index in [2.05, 4.69) is 22.6 Å². The maximum absolute atomic E-state index is 11.4. The van der Waals surface area contributed by atoms with Gasteiger partial charge in [-0.1, -0.05) is 46.3 Å². The summed E-state index contributed by atoms with van der Waals surface area (Å²) in [4.78, 5) is 11.4. The fourth-order valence-corrected chi connectivity index (χ4v) is 3.07. The van der Waals surface area contributed by atoms with E-state index in [1.807, 2.05) is 24.3 Å². The van der Waals surface area contributed by atoms with Crippen LogP contribution < -0.4 is 0 Å². The Morgan fingerprint density at radius 1 is 1.38 bits per heavy atom. The van der Waals surface area contributed by atoms with Crippen molar-refractivity contribution in [3.05, 3.63) is 34.9 Å². The number of esters is 1. The molecule has 0 aliphatic carbocycles. The van der Waals surface area contributed by atoms with Crippen molar-refractivity contribution < 1.29 is 9.53 Å². The first-order valence-electron chi connectivity index (χ1n) is 5.20. The fraction of sp³-hybridized carbons (Fsp3) is 0.417. The number of carbonyl (C=O) groups is 1. The van der Waals surface area contributed by atoms with E-state index < -0.39 is 5.60 Å². The number of alkyl halides is 1. The van der Waals surface area contributed by atoms with Crippen LogP contribution in [0.2, 0.25) is 5.02 Å². The minimum atomic E-state index is -0.444. The summed E-state index contributed by atoms with van der Waals surface area (Å²) in [5, 5.41) is 0.703. The number of halogens is 2. The first kappa shape index (κ1) is 12.2. The molecule has 86 valence electrons. The molecule has 0 saturated carbocycles. The molecule has 16 heavy (non-hydrogen) atoms. The van der Waals surface area contributed by atoms with Crippen molar-refractivity contribution >= 4 is 40.2 Å². The van der Waals surface area contributed by atoms with E-state index in [0.717, 1.165) is 22.8 Å². The van der Waals surface area contributed by atoms with Crippen LogP contribution >= 0.6 is 34.2 Å². The van der Waals surface area contributed by atoms with Gasteiger partial charge in [-0.25, -0.2) is 0 Å². The summed E-state index contributed by atoms with van der Waals surface area (Å²) in [7, 11) is 0. The molecule has 1 fully saturated rings. The number of cyclic esters (lactones) is 1. The summed E-state index contributed by atoms with van der Waals surface area (Å²) in [6, 6.07) is 7.57. The molecular formula is C12H12ClIO2. The van der Waals surface area contributed by atoms with Gasteiger partial charge in [-0.2, -0.15) is 0 Å². The Bertz CT molecular complexity index is 391. The van der Waals surface area contributed by atoms with E-state index in [-0.39, 0.29) is 5.97 Å². The molecule has 1 aromatic rings. The molecule has 1 aliphatic heterocycles. The first-order valence-corrected chi connectivity index (χ1v) is 7.10. The van der Waals surface area contributed by atoms with E-state index in [1.165, 1.54) is 0 Å². The maximum Gasteiger partial charge on any atom is 0.306 e. The second-order valence-electron chi connectivity index (χ2n) is 3.96. The molecule has 1 aliphatic rings. The van der Waals surface area contributed by atoms with Gasteiger partial charge in [0.1, 0.15) is 5.60 Å². The molecule has 0 radical (unpaired) electrons. The van der Waals surface area contributed by atoms with Crippen LogP contribution in [0.3, 0.4) is 0 Å². The Balaban J connectivity index is 2.33. The van der Waals surface area contributed by atoms with Gasteiger partial charge in [0.05, 0.1) is 0 Å². The van der Waals surface area contributed by atoms with Crippen LogP contribution in [-0.2, 0) is 15.1 Å². The zero-order valence-electron chi connectivity index (χ0n) is 8.71. The van der Waals surface area contributed by atoms with Gasteiger partial charge in [0.25, 0.3) is 0 Å². The lowest BCUT2D eigenvalue weighted by Gasteiger charge is -2.35. The van der Waals surface area contributed by atoms with Crippen LogP contribution in [0.25, 0.3) is 0 Å². The molecule has 1 saturated heterocycles. The normalized spacial score (nSPS) is 25.2. The smallest absolute Gasteiger partial charge is 0.306 e. The van der Waals surface area contributed by atoms with Crippen molar-refractivity contribution in [2.45, 2.75) is 24.9 Å². The standard InChI is InChI=1S/C12H12ClIO2/c13-10-5-3-9(4-6-10)12(8-14)7-1-2-11(15)16-12/h3-6H,1-2,7-8H2/t12-/m1/s1. The van der Waals surface area contributed by atoms with Crippen LogP contribution in [-0.4, -0.2) is 10.4 Å². The lowest BCUT2D eigenvalue weighted by atomic mass is 9.88. The molecule has 4 heteroatoms. The van der Waals surface area contributed by atoms with Crippen molar-refractivity contribution in [1.29, 1.82) is 0 Å². The lowest BCUT2D eigenvalue weighted by Crippen LogP contribution is -2.37. The van der Waals surface area contributed by atoms with Gasteiger partial charge in [-0.3, -0.25) is 4.79 Å². The van der Waals surface area contributed by atoms with E-state index in [9.17, 15) is 4.79 Å². The van der Waals surface area contributed by atoms with Crippen LogP contribution in [0.1, 0.15) is 24.8 Å². The highest BCUT2D eigenvalue weighted by Gasteiger charge is 2.38. The third-order valence-corrected chi connectivity index (χ3v) is 4.34. The Hall–Kier alpha value is -0.290. The molecule has 1 aromatic carbocycles. The largest absolute Gasteiger partial charge is 0.453 e. The van der Waals surface area contributed by atoms with Crippen LogP contribution in [0, 0.1) is 0 Å². The van der Waals surface area contributed by atoms with Crippen LogP contribution in [0.5, 0.6) is 0 Å². The van der Waals surface area contributed by atoms with E-state index >= 15 is 0 Å². The molecule has 1 atom stereocenters. The average molecular weight is 351 g/mol. The molecule has 0 unspecified atom stereocenters. The number of rotatable bonds is 2. The molecule has 1 heterocycles. The number of benzene rings is 1. The summed E-state index contributed by atoms with van der Waals surface area (Å²) in [5.41, 5.74) is 0.597. The van der Waals surface area contributed by atoms with Gasteiger partial charge in [0.15, 0.2) is 0 Å². The number of ether oxygens (including phenoxy) is 1. The molecular weight excluding hydrogens is 338 g/mol. The van der Waals surface area contributed by atoms with Gasteiger partial charge >= 0.3 is 5.97 Å². The quantitative estimate of drug-likeness (QED) is 0.462. The van der Waals surface area contributed by atoms with E-state index in [1.54, 1.807) is 0 Å². The minimum absolute atomic E-state index is 0.0992. The Morgan fingerprint density at radius 3 is 2.62 bits per heavy atom. The zero-order valence-corrected chi connectivity index (χ0v) is 11.6. The van der Waals surface area contributed by atoms with Gasteiger partial charge in [-0.15, -0.1) is 0 Å². The summed E-state index contributed by atoms with van der Waals surface area (Å²) < 4.78 is 6.34. The molecule has 0 spiro atoms. The highest BCUT2D eigenvalue weighted by atomic mass is 127. The maximum atomic E-state index is 11.4. The molecule has 2 nitrogen and oxygen atoms in total. The average Bonchev–Trinajstić information content (AvgIpc) is 2.29. The van der Waals surface area contributed by atoms with Gasteiger partial charge in [0.2, 0.25) is 0 Å². The van der Waals surface area contributed by atoms with Gasteiger partial charge in [0, 0.05) is 15.9 Å². The van der Waals surface area contributed by atoms with Crippen molar-refractivity contribution in [2.24, 2.45) is 0 Å². The molecule has 0 N–H and O–H groups in total. The minimum Gasteiger partial charge on any atom is -0.453 e. The second kappa shape index (κ2) is 4.92. The summed E-state index contributed by atoms with van der Waals surface area (Å²) in [5.74, 6) is -0.0992. The monoisotopic (exact) mass is 350 g/mol. The Labute approximate surface area is 113 Å². The highest BCUT2D eigenvalue weighted by molar-refractivity contribution is 14.1. The summed E-state index contributed by atoms with van der Waals surface area (Å²) in [6.45, 7) is 0. The predicted molar refractivity (Wildman–Crippen MR) is 72.0 cm³/mol. The van der Waals surface area contributed by atoms with Crippen molar-refractivity contribution in [3.63, 3.8) is 0 Å². The number of hydrogen-bond acceptors (Lipinski definition) is 2. The van der Waals surface area contributed by atoms with E-state index in [4.69, 9.17) is 16.3 Å². The highest BCUT2D eigenvalue weighted by Crippen LogP contribution is 2.37. The molecule has 2 rings (SSSR count). The molecule has 0 aromatic heterocycles. The summed E-state index contributed by atoms with van der Waals surface area (Å²) >= 11 is 8.13. The SMILES string of the molecule is O=C1CCC[C@@](CI)(c2ccc(Cl)cc2)O1. The Kier molecular flexibility index (Phi) is 3.74. The third kappa shape index (κ3) is 2.35. The zero-order chi connectivity index (χ0) is 11.6. The van der Waals surface area contributed by atoms with Crippen LogP contribution in [0.15, 0.2) is 24.3 Å². The number of carbonyl (C=O) groups excluding carboxylic acids is 1. The first-order chi connectivity index (χ1) is 7.66. The van der Waals surface area contributed by atoms with Gasteiger partial charge in [-0.05, 0) is 30.5 Å². The molecule has 0 amide bonds. The second-order valence-corrected chi connectivity index (χ2v) is 5.16. The van der Waals surface area contributed by atoms with Crippen molar-refractivity contribution in [1.82, 2.24) is 0 Å². The van der Waals surface area contributed by atoms with Crippen molar-refractivity contribution in [3.8, 4) is 0 Å². The van der Waals surface area contributed by atoms with Gasteiger partial charge < -0.3 is 4.74 Å². The van der Waals surface area contributed by atoms with E-state index in [0.29, 0.717) is 11.4 Å². The van der Waals surface area contributed by atoms with Crippen LogP contribution in [0.4, 0.5) is 0 Å². The summed E-state index contributed by atoms with van der Waals surface area (Å²) in [6.07, 6.45) is 2.32. The fourth-order valence-electron chi connectivity index (χ4n) is 1.97. The number of hydrogen-bond donors (Lipinski definition) is 0. The lowest BCUT2D eigenvalue weighted by molar-refractivity contribution is -0.165. The topological polar surface area (TPSA) is 26.3 Å².